The van der Waals surface area contributed by atoms with Gasteiger partial charge in [-0.05, 0) is 12.8 Å². The molecule has 0 aromatic carbocycles. The van der Waals surface area contributed by atoms with E-state index in [2.05, 4.69) is 15.4 Å². The van der Waals surface area contributed by atoms with Gasteiger partial charge in [-0.1, -0.05) is 24.6 Å². The van der Waals surface area contributed by atoms with Gasteiger partial charge in [0.15, 0.2) is 0 Å². The Hall–Kier alpha value is -1.04. The third-order valence-corrected chi connectivity index (χ3v) is 3.58. The first-order chi connectivity index (χ1) is 7.86. The number of carbonyl (C=O) groups is 1. The molecule has 0 atom stereocenters. The van der Waals surface area contributed by atoms with Gasteiger partial charge in [-0.15, -0.1) is 5.10 Å². The predicted molar refractivity (Wildman–Crippen MR) is 62.2 cm³/mol. The Morgan fingerprint density at radius 1 is 1.38 bits per heavy atom. The van der Waals surface area contributed by atoms with E-state index in [9.17, 15) is 4.79 Å². The second-order valence-electron chi connectivity index (χ2n) is 3.89. The molecule has 1 N–H and O–H groups in total. The Morgan fingerprint density at radius 2 is 2.12 bits per heavy atom. The van der Waals surface area contributed by atoms with Gasteiger partial charge in [0, 0.05) is 13.1 Å². The highest BCUT2D eigenvalue weighted by Gasteiger charge is 2.15. The summed E-state index contributed by atoms with van der Waals surface area (Å²) in [7, 11) is 0. The van der Waals surface area contributed by atoms with E-state index in [1.165, 1.54) is 24.6 Å². The summed E-state index contributed by atoms with van der Waals surface area (Å²) in [5, 5.41) is 10.9. The monoisotopic (exact) mass is 240 g/mol. The first-order valence-electron chi connectivity index (χ1n) is 5.62. The maximum atomic E-state index is 11.9. The molecule has 16 heavy (non-hydrogen) atoms. The molecule has 2 rings (SSSR count). The molecule has 1 aliphatic heterocycles. The largest absolute Gasteiger partial charge is 0.342 e. The molecule has 1 saturated heterocycles. The van der Waals surface area contributed by atoms with Crippen molar-refractivity contribution in [1.82, 2.24) is 20.3 Å². The molecule has 2 heterocycles. The van der Waals surface area contributed by atoms with Crippen LogP contribution in [0.3, 0.4) is 0 Å². The average molecular weight is 240 g/mol. The number of aromatic nitrogens is 3. The quantitative estimate of drug-likeness (QED) is 0.809. The van der Waals surface area contributed by atoms with Crippen LogP contribution >= 0.6 is 11.8 Å². The number of nitrogens with zero attached hydrogens (tertiary/aromatic N) is 3. The molecule has 1 fully saturated rings. The number of likely N-dealkylation sites (tertiary alicyclic amines) is 1. The highest BCUT2D eigenvalue weighted by molar-refractivity contribution is 7.99. The van der Waals surface area contributed by atoms with Crippen molar-refractivity contribution in [3.05, 3.63) is 6.20 Å². The maximum absolute atomic E-state index is 11.9. The fraction of sp³-hybridized carbons (Fsp3) is 0.700. The lowest BCUT2D eigenvalue weighted by molar-refractivity contribution is -0.128. The standard InChI is InChI=1S/C10H16N4OS/c15-10(8-16-9-7-11-13-12-9)14-5-3-1-2-4-6-14/h7H,1-6,8H2,(H,11,12,13). The topological polar surface area (TPSA) is 61.9 Å². The summed E-state index contributed by atoms with van der Waals surface area (Å²) in [6, 6.07) is 0. The third-order valence-electron chi connectivity index (χ3n) is 2.70. The van der Waals surface area contributed by atoms with Crippen LogP contribution in [0.5, 0.6) is 0 Å². The van der Waals surface area contributed by atoms with Crippen molar-refractivity contribution in [2.24, 2.45) is 0 Å². The van der Waals surface area contributed by atoms with Crippen LogP contribution in [0.2, 0.25) is 0 Å². The number of carbonyl (C=O) groups excluding carboxylic acids is 1. The molecule has 88 valence electrons. The second-order valence-corrected chi connectivity index (χ2v) is 4.89. The van der Waals surface area contributed by atoms with Crippen LogP contribution in [0, 0.1) is 0 Å². The molecule has 1 amide bonds. The van der Waals surface area contributed by atoms with E-state index in [1.54, 1.807) is 6.20 Å². The maximum Gasteiger partial charge on any atom is 0.232 e. The van der Waals surface area contributed by atoms with Gasteiger partial charge in [0.1, 0.15) is 5.03 Å². The highest BCUT2D eigenvalue weighted by Crippen LogP contribution is 2.15. The number of amides is 1. The van der Waals surface area contributed by atoms with Gasteiger partial charge in [-0.3, -0.25) is 4.79 Å². The first-order valence-corrected chi connectivity index (χ1v) is 6.61. The third kappa shape index (κ3) is 3.23. The van der Waals surface area contributed by atoms with Crippen molar-refractivity contribution in [1.29, 1.82) is 0 Å². The fourth-order valence-electron chi connectivity index (χ4n) is 1.81. The number of rotatable bonds is 3. The summed E-state index contributed by atoms with van der Waals surface area (Å²) >= 11 is 1.44. The van der Waals surface area contributed by atoms with Gasteiger partial charge in [0.2, 0.25) is 5.91 Å². The summed E-state index contributed by atoms with van der Waals surface area (Å²) in [5.74, 6) is 0.682. The highest BCUT2D eigenvalue weighted by atomic mass is 32.2. The average Bonchev–Trinajstić information content (AvgIpc) is 2.66. The molecule has 0 bridgehead atoms. The Labute approximate surface area is 99.0 Å². The lowest BCUT2D eigenvalue weighted by Gasteiger charge is -2.19. The van der Waals surface area contributed by atoms with Crippen LogP contribution in [0.4, 0.5) is 0 Å². The molecule has 1 aromatic rings. The number of hydrogen-bond donors (Lipinski definition) is 1. The van der Waals surface area contributed by atoms with Gasteiger partial charge in [-0.25, -0.2) is 0 Å². The summed E-state index contributed by atoms with van der Waals surface area (Å²) in [5.41, 5.74) is 0. The SMILES string of the molecule is O=C(CSc1cn[nH]n1)N1CCCCCC1. The van der Waals surface area contributed by atoms with E-state index in [0.717, 1.165) is 31.0 Å². The number of thioether (sulfide) groups is 1. The van der Waals surface area contributed by atoms with Crippen molar-refractivity contribution in [2.45, 2.75) is 30.7 Å². The number of nitrogens with one attached hydrogen (secondary N) is 1. The molecular weight excluding hydrogens is 224 g/mol. The molecule has 5 nitrogen and oxygen atoms in total. The van der Waals surface area contributed by atoms with E-state index < -0.39 is 0 Å². The molecule has 0 aliphatic carbocycles. The Morgan fingerprint density at radius 3 is 2.75 bits per heavy atom. The van der Waals surface area contributed by atoms with Crippen LogP contribution in [-0.4, -0.2) is 45.1 Å². The van der Waals surface area contributed by atoms with Gasteiger partial charge < -0.3 is 4.90 Å². The lowest BCUT2D eigenvalue weighted by atomic mass is 10.2. The second kappa shape index (κ2) is 5.89. The van der Waals surface area contributed by atoms with Crippen molar-refractivity contribution >= 4 is 17.7 Å². The van der Waals surface area contributed by atoms with Crippen molar-refractivity contribution < 1.29 is 4.79 Å². The molecule has 0 saturated carbocycles. The Bertz CT molecular complexity index is 320. The fourth-order valence-corrected chi connectivity index (χ4v) is 2.49. The van der Waals surface area contributed by atoms with E-state index in [0.29, 0.717) is 5.75 Å². The van der Waals surface area contributed by atoms with Crippen molar-refractivity contribution in [3.8, 4) is 0 Å². The van der Waals surface area contributed by atoms with Gasteiger partial charge >= 0.3 is 0 Å². The normalized spacial score (nSPS) is 17.1. The number of hydrogen-bond acceptors (Lipinski definition) is 4. The van der Waals surface area contributed by atoms with Crippen LogP contribution in [0.25, 0.3) is 0 Å². The minimum absolute atomic E-state index is 0.218. The zero-order valence-corrected chi connectivity index (χ0v) is 10.0. The molecule has 0 unspecified atom stereocenters. The summed E-state index contributed by atoms with van der Waals surface area (Å²) in [6.07, 6.45) is 6.42. The molecular formula is C10H16N4OS. The van der Waals surface area contributed by atoms with Crippen molar-refractivity contribution in [3.63, 3.8) is 0 Å². The van der Waals surface area contributed by atoms with E-state index in [1.807, 2.05) is 4.90 Å². The minimum Gasteiger partial charge on any atom is -0.342 e. The molecule has 0 radical (unpaired) electrons. The van der Waals surface area contributed by atoms with Gasteiger partial charge in [0.25, 0.3) is 0 Å². The van der Waals surface area contributed by atoms with Crippen LogP contribution < -0.4 is 0 Å². The van der Waals surface area contributed by atoms with Crippen LogP contribution in [0.15, 0.2) is 11.2 Å². The van der Waals surface area contributed by atoms with Crippen LogP contribution in [0.1, 0.15) is 25.7 Å². The minimum atomic E-state index is 0.218. The molecule has 1 aliphatic rings. The molecule has 1 aromatic heterocycles. The smallest absolute Gasteiger partial charge is 0.232 e. The zero-order valence-electron chi connectivity index (χ0n) is 9.19. The summed E-state index contributed by atoms with van der Waals surface area (Å²) < 4.78 is 0. The number of aromatic amines is 1. The first kappa shape index (κ1) is 11.4. The van der Waals surface area contributed by atoms with E-state index in [4.69, 9.17) is 0 Å². The van der Waals surface area contributed by atoms with E-state index >= 15 is 0 Å². The Kier molecular flexibility index (Phi) is 4.21. The zero-order chi connectivity index (χ0) is 11.2. The van der Waals surface area contributed by atoms with Gasteiger partial charge in [0.05, 0.1) is 11.9 Å². The molecule has 6 heteroatoms. The molecule has 0 spiro atoms. The van der Waals surface area contributed by atoms with Crippen molar-refractivity contribution in [2.75, 3.05) is 18.8 Å². The Balaban J connectivity index is 1.78. The number of H-pyrrole nitrogens is 1. The predicted octanol–water partition coefficient (Wildman–Crippen LogP) is 1.30. The van der Waals surface area contributed by atoms with Crippen LogP contribution in [-0.2, 0) is 4.79 Å². The lowest BCUT2D eigenvalue weighted by Crippen LogP contribution is -2.33. The van der Waals surface area contributed by atoms with E-state index in [-0.39, 0.29) is 5.91 Å². The summed E-state index contributed by atoms with van der Waals surface area (Å²) in [4.78, 5) is 13.9. The van der Waals surface area contributed by atoms with Gasteiger partial charge in [-0.2, -0.15) is 10.3 Å². The summed E-state index contributed by atoms with van der Waals surface area (Å²) in [6.45, 7) is 1.83.